The molecule has 0 saturated carbocycles. The number of carbonyl (C=O) groups is 1. The number of aromatic nitrogens is 1. The van der Waals surface area contributed by atoms with Crippen LogP contribution >= 0.6 is 11.3 Å². The van der Waals surface area contributed by atoms with Crippen LogP contribution in [0.2, 0.25) is 0 Å². The standard InChI is InChI=1S/C15H21N3OS/c1-9(2)16-12(19)8-18(5)15-17-13-10(3)6-7-11(4)14(13)20-15/h6-7,9H,8H2,1-5H3,(H,16,19). The van der Waals surface area contributed by atoms with Gasteiger partial charge in [-0.05, 0) is 38.8 Å². The van der Waals surface area contributed by atoms with Crippen LogP contribution in [0.4, 0.5) is 5.13 Å². The van der Waals surface area contributed by atoms with Crippen molar-refractivity contribution < 1.29 is 4.79 Å². The Morgan fingerprint density at radius 3 is 2.60 bits per heavy atom. The van der Waals surface area contributed by atoms with E-state index in [4.69, 9.17) is 0 Å². The van der Waals surface area contributed by atoms with Crippen molar-refractivity contribution in [1.29, 1.82) is 0 Å². The first kappa shape index (κ1) is 14.8. The smallest absolute Gasteiger partial charge is 0.239 e. The summed E-state index contributed by atoms with van der Waals surface area (Å²) < 4.78 is 1.20. The second-order valence-electron chi connectivity index (χ2n) is 5.45. The zero-order chi connectivity index (χ0) is 14.9. The number of anilines is 1. The normalized spacial score (nSPS) is 11.1. The largest absolute Gasteiger partial charge is 0.352 e. The van der Waals surface area contributed by atoms with Crippen molar-refractivity contribution >= 4 is 32.6 Å². The summed E-state index contributed by atoms with van der Waals surface area (Å²) in [6.07, 6.45) is 0. The summed E-state index contributed by atoms with van der Waals surface area (Å²) in [5.74, 6) is 0.0233. The molecule has 5 heteroatoms. The van der Waals surface area contributed by atoms with Crippen LogP contribution in [0.3, 0.4) is 0 Å². The van der Waals surface area contributed by atoms with Gasteiger partial charge in [0.1, 0.15) is 0 Å². The molecule has 0 aliphatic heterocycles. The van der Waals surface area contributed by atoms with Crippen molar-refractivity contribution in [2.24, 2.45) is 0 Å². The lowest BCUT2D eigenvalue weighted by atomic mass is 10.1. The van der Waals surface area contributed by atoms with E-state index in [0.29, 0.717) is 6.54 Å². The molecule has 20 heavy (non-hydrogen) atoms. The molecule has 0 aliphatic carbocycles. The van der Waals surface area contributed by atoms with Gasteiger partial charge in [0.15, 0.2) is 5.13 Å². The van der Waals surface area contributed by atoms with E-state index in [9.17, 15) is 4.79 Å². The maximum atomic E-state index is 11.8. The Bertz CT molecular complexity index is 594. The Balaban J connectivity index is 2.23. The molecule has 4 nitrogen and oxygen atoms in total. The van der Waals surface area contributed by atoms with Crippen molar-refractivity contribution in [3.8, 4) is 0 Å². The van der Waals surface area contributed by atoms with Crippen LogP contribution in [0.1, 0.15) is 25.0 Å². The molecule has 0 unspecified atom stereocenters. The van der Waals surface area contributed by atoms with Crippen LogP contribution < -0.4 is 10.2 Å². The molecule has 1 N–H and O–H groups in total. The van der Waals surface area contributed by atoms with E-state index < -0.39 is 0 Å². The van der Waals surface area contributed by atoms with Crippen molar-refractivity contribution in [3.63, 3.8) is 0 Å². The maximum absolute atomic E-state index is 11.8. The Labute approximate surface area is 123 Å². The van der Waals surface area contributed by atoms with Crippen LogP contribution in [0.25, 0.3) is 10.2 Å². The monoisotopic (exact) mass is 291 g/mol. The molecule has 2 aromatic rings. The maximum Gasteiger partial charge on any atom is 0.239 e. The van der Waals surface area contributed by atoms with E-state index in [1.807, 2.05) is 25.8 Å². The molecule has 0 saturated heterocycles. The quantitative estimate of drug-likeness (QED) is 0.942. The second kappa shape index (κ2) is 5.79. The van der Waals surface area contributed by atoms with E-state index >= 15 is 0 Å². The van der Waals surface area contributed by atoms with Gasteiger partial charge in [-0.1, -0.05) is 23.5 Å². The highest BCUT2D eigenvalue weighted by molar-refractivity contribution is 7.22. The Morgan fingerprint density at radius 1 is 1.35 bits per heavy atom. The van der Waals surface area contributed by atoms with E-state index in [-0.39, 0.29) is 11.9 Å². The average molecular weight is 291 g/mol. The van der Waals surface area contributed by atoms with Gasteiger partial charge in [0.05, 0.1) is 16.8 Å². The predicted octanol–water partition coefficient (Wildman–Crippen LogP) is 2.87. The lowest BCUT2D eigenvalue weighted by Crippen LogP contribution is -2.38. The van der Waals surface area contributed by atoms with E-state index in [1.165, 1.54) is 15.8 Å². The number of hydrogen-bond acceptors (Lipinski definition) is 4. The number of thiazole rings is 1. The number of hydrogen-bond donors (Lipinski definition) is 1. The fraction of sp³-hybridized carbons (Fsp3) is 0.467. The molecule has 0 radical (unpaired) electrons. The SMILES string of the molecule is Cc1ccc(C)c2sc(N(C)CC(=O)NC(C)C)nc12. The zero-order valence-corrected chi connectivity index (χ0v) is 13.5. The Kier molecular flexibility index (Phi) is 4.28. The minimum atomic E-state index is 0.0233. The van der Waals surface area contributed by atoms with Crippen LogP contribution in [-0.2, 0) is 4.79 Å². The summed E-state index contributed by atoms with van der Waals surface area (Å²) in [4.78, 5) is 18.4. The molecule has 0 bridgehead atoms. The van der Waals surface area contributed by atoms with Gasteiger partial charge in [0, 0.05) is 13.1 Å². The molecule has 1 aromatic heterocycles. The third-order valence-corrected chi connectivity index (χ3v) is 4.39. The van der Waals surface area contributed by atoms with Crippen LogP contribution in [0.15, 0.2) is 12.1 Å². The van der Waals surface area contributed by atoms with Gasteiger partial charge in [-0.2, -0.15) is 0 Å². The second-order valence-corrected chi connectivity index (χ2v) is 6.43. The molecule has 2 rings (SSSR count). The van der Waals surface area contributed by atoms with Crippen molar-refractivity contribution in [3.05, 3.63) is 23.3 Å². The summed E-state index contributed by atoms with van der Waals surface area (Å²) in [6, 6.07) is 4.37. The number of amides is 1. The van der Waals surface area contributed by atoms with Gasteiger partial charge < -0.3 is 10.2 Å². The number of fused-ring (bicyclic) bond motifs is 1. The van der Waals surface area contributed by atoms with Crippen LogP contribution in [0.5, 0.6) is 0 Å². The summed E-state index contributed by atoms with van der Waals surface area (Å²) in [5.41, 5.74) is 3.45. The van der Waals surface area contributed by atoms with E-state index in [0.717, 1.165) is 10.6 Å². The number of nitrogens with zero attached hydrogens (tertiary/aromatic N) is 2. The summed E-state index contributed by atoms with van der Waals surface area (Å²) in [5, 5.41) is 3.78. The molecule has 1 heterocycles. The van der Waals surface area contributed by atoms with Gasteiger partial charge in [0.2, 0.25) is 5.91 Å². The topological polar surface area (TPSA) is 45.2 Å². The Morgan fingerprint density at radius 2 is 2.00 bits per heavy atom. The Hall–Kier alpha value is -1.62. The van der Waals surface area contributed by atoms with Gasteiger partial charge in [0.25, 0.3) is 0 Å². The molecular weight excluding hydrogens is 270 g/mol. The predicted molar refractivity (Wildman–Crippen MR) is 85.6 cm³/mol. The summed E-state index contributed by atoms with van der Waals surface area (Å²) >= 11 is 1.64. The van der Waals surface area contributed by atoms with Gasteiger partial charge in [-0.25, -0.2) is 4.98 Å². The number of benzene rings is 1. The van der Waals surface area contributed by atoms with Crippen molar-refractivity contribution in [2.45, 2.75) is 33.7 Å². The number of likely N-dealkylation sites (N-methyl/N-ethyl adjacent to an activating group) is 1. The van der Waals surface area contributed by atoms with Crippen molar-refractivity contribution in [1.82, 2.24) is 10.3 Å². The lowest BCUT2D eigenvalue weighted by Gasteiger charge is -2.16. The minimum absolute atomic E-state index is 0.0233. The number of rotatable bonds is 4. The molecule has 108 valence electrons. The molecule has 0 atom stereocenters. The first-order valence-corrected chi connectivity index (χ1v) is 7.57. The highest BCUT2D eigenvalue weighted by Gasteiger charge is 2.14. The van der Waals surface area contributed by atoms with Gasteiger partial charge in [-0.3, -0.25) is 4.79 Å². The first-order chi connectivity index (χ1) is 9.38. The highest BCUT2D eigenvalue weighted by atomic mass is 32.1. The molecule has 1 amide bonds. The summed E-state index contributed by atoms with van der Waals surface area (Å²) in [6.45, 7) is 8.41. The molecule has 0 fully saturated rings. The van der Waals surface area contributed by atoms with Gasteiger partial charge >= 0.3 is 0 Å². The summed E-state index contributed by atoms with van der Waals surface area (Å²) in [7, 11) is 1.91. The number of nitrogens with one attached hydrogen (secondary N) is 1. The third kappa shape index (κ3) is 3.10. The minimum Gasteiger partial charge on any atom is -0.352 e. The van der Waals surface area contributed by atoms with E-state index in [2.05, 4.69) is 36.3 Å². The highest BCUT2D eigenvalue weighted by Crippen LogP contribution is 2.32. The van der Waals surface area contributed by atoms with Gasteiger partial charge in [-0.15, -0.1) is 0 Å². The number of aryl methyl sites for hydroxylation is 2. The lowest BCUT2D eigenvalue weighted by molar-refractivity contribution is -0.120. The fourth-order valence-corrected chi connectivity index (χ4v) is 3.13. The van der Waals surface area contributed by atoms with E-state index in [1.54, 1.807) is 11.3 Å². The fourth-order valence-electron chi connectivity index (χ4n) is 2.06. The first-order valence-electron chi connectivity index (χ1n) is 6.75. The third-order valence-electron chi connectivity index (χ3n) is 3.09. The average Bonchev–Trinajstić information content (AvgIpc) is 2.79. The zero-order valence-electron chi connectivity index (χ0n) is 12.7. The number of carbonyl (C=O) groups excluding carboxylic acids is 1. The van der Waals surface area contributed by atoms with Crippen LogP contribution in [0, 0.1) is 13.8 Å². The molecular formula is C15H21N3OS. The molecule has 1 aromatic carbocycles. The van der Waals surface area contributed by atoms with Crippen LogP contribution in [-0.4, -0.2) is 30.5 Å². The molecule has 0 aliphatic rings. The molecule has 0 spiro atoms. The van der Waals surface area contributed by atoms with Crippen molar-refractivity contribution in [2.75, 3.05) is 18.5 Å².